The van der Waals surface area contributed by atoms with E-state index in [2.05, 4.69) is 0 Å². The minimum atomic E-state index is -0.480. The Balaban J connectivity index is 1.74. The van der Waals surface area contributed by atoms with Gasteiger partial charge >= 0.3 is 5.97 Å². The largest absolute Gasteiger partial charge is 0.462 e. The van der Waals surface area contributed by atoms with E-state index >= 15 is 0 Å². The minimum absolute atomic E-state index is 0.0607. The molecule has 90 valence electrons. The van der Waals surface area contributed by atoms with Crippen molar-refractivity contribution in [2.24, 2.45) is 11.8 Å². The topological polar surface area (TPSA) is 65.0 Å². The zero-order valence-corrected chi connectivity index (χ0v) is 9.00. The van der Waals surface area contributed by atoms with Crippen molar-refractivity contribution in [1.29, 1.82) is 0 Å². The minimum Gasteiger partial charge on any atom is -0.462 e. The first-order valence-corrected chi connectivity index (χ1v) is 5.86. The maximum atomic E-state index is 11.2. The fraction of sp³-hybridized carbons (Fsp3) is 0.909. The number of carbonyl (C=O) groups excluding carboxylic acids is 1. The van der Waals surface area contributed by atoms with Gasteiger partial charge in [-0.15, -0.1) is 0 Å². The molecule has 3 fully saturated rings. The maximum absolute atomic E-state index is 11.2. The molecule has 0 amide bonds. The van der Waals surface area contributed by atoms with Crippen molar-refractivity contribution in [2.45, 2.75) is 37.8 Å². The molecule has 3 aliphatic rings. The standard InChI is InChI=1S/C11H16O5/c12-7-5-8-6(4-9(13)16-8)10(7)11-14-2-1-3-15-11/h6-8,10-12H,1-5H2/t6-,7+,8-,10+/m1/s1. The Kier molecular flexibility index (Phi) is 2.61. The summed E-state index contributed by atoms with van der Waals surface area (Å²) < 4.78 is 16.2. The lowest BCUT2D eigenvalue weighted by Crippen LogP contribution is -2.39. The Hall–Kier alpha value is -0.650. The van der Waals surface area contributed by atoms with E-state index in [0.717, 1.165) is 6.42 Å². The average Bonchev–Trinajstić information content (AvgIpc) is 2.74. The van der Waals surface area contributed by atoms with Crippen LogP contribution in [0.1, 0.15) is 19.3 Å². The molecule has 0 aromatic rings. The van der Waals surface area contributed by atoms with Gasteiger partial charge in [0.25, 0.3) is 0 Å². The number of carbonyl (C=O) groups is 1. The molecule has 4 atom stereocenters. The first kappa shape index (κ1) is 10.5. The van der Waals surface area contributed by atoms with Crippen molar-refractivity contribution in [3.05, 3.63) is 0 Å². The zero-order chi connectivity index (χ0) is 11.1. The molecule has 0 radical (unpaired) electrons. The van der Waals surface area contributed by atoms with Gasteiger partial charge in [0.1, 0.15) is 6.10 Å². The van der Waals surface area contributed by atoms with Crippen molar-refractivity contribution in [3.63, 3.8) is 0 Å². The van der Waals surface area contributed by atoms with Gasteiger partial charge in [-0.1, -0.05) is 0 Å². The van der Waals surface area contributed by atoms with Crippen LogP contribution in [0.3, 0.4) is 0 Å². The van der Waals surface area contributed by atoms with Gasteiger partial charge in [0.2, 0.25) is 0 Å². The van der Waals surface area contributed by atoms with Gasteiger partial charge in [0.05, 0.1) is 25.7 Å². The van der Waals surface area contributed by atoms with E-state index in [4.69, 9.17) is 14.2 Å². The second-order valence-corrected chi connectivity index (χ2v) is 4.74. The van der Waals surface area contributed by atoms with Crippen LogP contribution in [0.25, 0.3) is 0 Å². The zero-order valence-electron chi connectivity index (χ0n) is 9.00. The average molecular weight is 228 g/mol. The van der Waals surface area contributed by atoms with Crippen molar-refractivity contribution < 1.29 is 24.1 Å². The SMILES string of the molecule is O=C1C[C@H]2[C@H](C3OCCCO3)[C@@H](O)C[C@H]2O1. The van der Waals surface area contributed by atoms with Crippen molar-refractivity contribution in [2.75, 3.05) is 13.2 Å². The highest BCUT2D eigenvalue weighted by molar-refractivity contribution is 5.72. The Morgan fingerprint density at radius 3 is 2.75 bits per heavy atom. The molecule has 2 saturated heterocycles. The maximum Gasteiger partial charge on any atom is 0.306 e. The molecule has 1 N–H and O–H groups in total. The molecule has 0 spiro atoms. The van der Waals surface area contributed by atoms with Crippen molar-refractivity contribution >= 4 is 5.97 Å². The number of hydrogen-bond donors (Lipinski definition) is 1. The fourth-order valence-corrected chi connectivity index (χ4v) is 3.03. The molecule has 3 rings (SSSR count). The van der Waals surface area contributed by atoms with Crippen LogP contribution in [0.15, 0.2) is 0 Å². The molecular weight excluding hydrogens is 212 g/mol. The molecule has 16 heavy (non-hydrogen) atoms. The van der Waals surface area contributed by atoms with Gasteiger partial charge in [-0.25, -0.2) is 0 Å². The molecule has 5 nitrogen and oxygen atoms in total. The van der Waals surface area contributed by atoms with Crippen LogP contribution in [0, 0.1) is 11.8 Å². The predicted molar refractivity (Wildman–Crippen MR) is 52.4 cm³/mol. The van der Waals surface area contributed by atoms with E-state index in [-0.39, 0.29) is 30.2 Å². The third-order valence-corrected chi connectivity index (χ3v) is 3.74. The summed E-state index contributed by atoms with van der Waals surface area (Å²) in [5.41, 5.74) is 0. The van der Waals surface area contributed by atoms with Crippen LogP contribution in [-0.2, 0) is 19.0 Å². The molecule has 2 heterocycles. The van der Waals surface area contributed by atoms with Gasteiger partial charge in [0.15, 0.2) is 6.29 Å². The van der Waals surface area contributed by atoms with Crippen molar-refractivity contribution in [3.8, 4) is 0 Å². The number of ether oxygens (including phenoxy) is 3. The van der Waals surface area contributed by atoms with E-state index < -0.39 is 6.10 Å². The second kappa shape index (κ2) is 3.98. The number of aliphatic hydroxyl groups is 1. The Morgan fingerprint density at radius 1 is 1.25 bits per heavy atom. The third-order valence-electron chi connectivity index (χ3n) is 3.74. The quantitative estimate of drug-likeness (QED) is 0.643. The highest BCUT2D eigenvalue weighted by Gasteiger charge is 2.53. The molecule has 0 aromatic heterocycles. The van der Waals surface area contributed by atoms with E-state index in [1.165, 1.54) is 0 Å². The summed E-state index contributed by atoms with van der Waals surface area (Å²) in [6, 6.07) is 0. The van der Waals surface area contributed by atoms with E-state index in [1.54, 1.807) is 0 Å². The summed E-state index contributed by atoms with van der Waals surface area (Å²) in [4.78, 5) is 11.2. The van der Waals surface area contributed by atoms with Crippen LogP contribution < -0.4 is 0 Å². The number of aliphatic hydroxyl groups excluding tert-OH is 1. The first-order valence-electron chi connectivity index (χ1n) is 5.86. The third kappa shape index (κ3) is 1.63. The smallest absolute Gasteiger partial charge is 0.306 e. The summed E-state index contributed by atoms with van der Waals surface area (Å²) in [6.07, 6.45) is 0.809. The lowest BCUT2D eigenvalue weighted by Gasteiger charge is -2.32. The predicted octanol–water partition coefficient (Wildman–Crippen LogP) is 0.0619. The molecular formula is C11H16O5. The van der Waals surface area contributed by atoms with Gasteiger partial charge in [-0.05, 0) is 6.42 Å². The molecule has 0 bridgehead atoms. The van der Waals surface area contributed by atoms with Crippen LogP contribution in [-0.4, -0.2) is 42.8 Å². The monoisotopic (exact) mass is 228 g/mol. The fourth-order valence-electron chi connectivity index (χ4n) is 3.03. The van der Waals surface area contributed by atoms with Gasteiger partial charge in [-0.2, -0.15) is 0 Å². The second-order valence-electron chi connectivity index (χ2n) is 4.74. The van der Waals surface area contributed by atoms with Crippen molar-refractivity contribution in [1.82, 2.24) is 0 Å². The summed E-state index contributed by atoms with van der Waals surface area (Å²) in [7, 11) is 0. The van der Waals surface area contributed by atoms with Crippen LogP contribution in [0.4, 0.5) is 0 Å². The number of esters is 1. The molecule has 2 aliphatic heterocycles. The van der Waals surface area contributed by atoms with Crippen LogP contribution >= 0.6 is 0 Å². The Labute approximate surface area is 93.7 Å². The molecule has 5 heteroatoms. The normalized spacial score (nSPS) is 44.4. The Morgan fingerprint density at radius 2 is 2.00 bits per heavy atom. The van der Waals surface area contributed by atoms with E-state index in [9.17, 15) is 9.90 Å². The van der Waals surface area contributed by atoms with Gasteiger partial charge in [-0.3, -0.25) is 4.79 Å². The van der Waals surface area contributed by atoms with Crippen LogP contribution in [0.2, 0.25) is 0 Å². The first-order chi connectivity index (χ1) is 7.75. The highest BCUT2D eigenvalue weighted by atomic mass is 16.7. The van der Waals surface area contributed by atoms with Crippen LogP contribution in [0.5, 0.6) is 0 Å². The number of hydrogen-bond acceptors (Lipinski definition) is 5. The lowest BCUT2D eigenvalue weighted by atomic mass is 9.91. The van der Waals surface area contributed by atoms with Gasteiger partial charge in [0, 0.05) is 18.3 Å². The summed E-state index contributed by atoms with van der Waals surface area (Å²) in [6.45, 7) is 1.33. The number of rotatable bonds is 1. The van der Waals surface area contributed by atoms with E-state index in [0.29, 0.717) is 26.1 Å². The molecule has 0 aromatic carbocycles. The number of fused-ring (bicyclic) bond motifs is 1. The molecule has 0 unspecified atom stereocenters. The Bertz CT molecular complexity index is 286. The summed E-state index contributed by atoms with van der Waals surface area (Å²) in [5.74, 6) is -0.218. The molecule has 1 saturated carbocycles. The summed E-state index contributed by atoms with van der Waals surface area (Å²) in [5, 5.41) is 9.98. The van der Waals surface area contributed by atoms with E-state index in [1.807, 2.05) is 0 Å². The lowest BCUT2D eigenvalue weighted by molar-refractivity contribution is -0.222. The van der Waals surface area contributed by atoms with Gasteiger partial charge < -0.3 is 19.3 Å². The highest BCUT2D eigenvalue weighted by Crippen LogP contribution is 2.44. The molecule has 1 aliphatic carbocycles. The summed E-state index contributed by atoms with van der Waals surface area (Å²) >= 11 is 0.